The van der Waals surface area contributed by atoms with Gasteiger partial charge >= 0.3 is 5.97 Å². The maximum Gasteiger partial charge on any atom is 0.321 e. The van der Waals surface area contributed by atoms with E-state index < -0.39 is 18.2 Å². The molecule has 14 heavy (non-hydrogen) atoms. The Labute approximate surface area is 85.3 Å². The topological polar surface area (TPSA) is 69.6 Å². The molecule has 4 nitrogen and oxygen atoms in total. The Kier molecular flexibility index (Phi) is 6.49. The molecular formula is C10H21NO3. The van der Waals surface area contributed by atoms with Crippen LogP contribution in [-0.4, -0.2) is 28.5 Å². The molecule has 0 aromatic carbocycles. The first-order valence-corrected chi connectivity index (χ1v) is 5.16. The van der Waals surface area contributed by atoms with Gasteiger partial charge in [0.05, 0.1) is 0 Å². The molecule has 0 spiro atoms. The van der Waals surface area contributed by atoms with Gasteiger partial charge in [0.1, 0.15) is 12.3 Å². The zero-order valence-corrected chi connectivity index (χ0v) is 9.16. The average Bonchev–Trinajstić information content (AvgIpc) is 2.09. The van der Waals surface area contributed by atoms with Gasteiger partial charge < -0.3 is 10.2 Å². The second-order valence-corrected chi connectivity index (χ2v) is 3.88. The summed E-state index contributed by atoms with van der Waals surface area (Å²) in [6.45, 7) is 5.67. The summed E-state index contributed by atoms with van der Waals surface area (Å²) in [6.07, 6.45) is 1.79. The third kappa shape index (κ3) is 5.19. The van der Waals surface area contributed by atoms with Crippen LogP contribution in [0.25, 0.3) is 0 Å². The number of aliphatic hydroxyl groups excluding tert-OH is 1. The maximum absolute atomic E-state index is 10.8. The lowest BCUT2D eigenvalue weighted by Crippen LogP contribution is -2.46. The first kappa shape index (κ1) is 13.4. The summed E-state index contributed by atoms with van der Waals surface area (Å²) in [4.78, 5) is 10.8. The molecule has 0 heterocycles. The van der Waals surface area contributed by atoms with Gasteiger partial charge in [-0.1, -0.05) is 27.2 Å². The summed E-state index contributed by atoms with van der Waals surface area (Å²) in [6, 6.07) is -0.665. The summed E-state index contributed by atoms with van der Waals surface area (Å²) >= 11 is 0. The molecule has 2 atom stereocenters. The summed E-state index contributed by atoms with van der Waals surface area (Å²) in [7, 11) is 0. The summed E-state index contributed by atoms with van der Waals surface area (Å²) in [5.41, 5.74) is 0. The molecule has 0 bridgehead atoms. The highest BCUT2D eigenvalue weighted by molar-refractivity contribution is 5.73. The zero-order valence-electron chi connectivity index (χ0n) is 9.16. The van der Waals surface area contributed by atoms with Crippen molar-refractivity contribution in [1.82, 2.24) is 5.32 Å². The van der Waals surface area contributed by atoms with Crippen LogP contribution >= 0.6 is 0 Å². The Hall–Kier alpha value is -0.610. The SMILES string of the molecule is CCCCC(O)N[C@H](C(=O)O)C(C)C. The van der Waals surface area contributed by atoms with E-state index in [-0.39, 0.29) is 5.92 Å². The number of hydrogen-bond acceptors (Lipinski definition) is 3. The number of rotatable bonds is 7. The van der Waals surface area contributed by atoms with Crippen molar-refractivity contribution in [3.8, 4) is 0 Å². The first-order chi connectivity index (χ1) is 6.49. The summed E-state index contributed by atoms with van der Waals surface area (Å²) in [5.74, 6) is -0.931. The van der Waals surface area contributed by atoms with Crippen LogP contribution in [0.1, 0.15) is 40.0 Å². The third-order valence-electron chi connectivity index (χ3n) is 2.14. The number of carboxylic acid groups (broad SMARTS) is 1. The lowest BCUT2D eigenvalue weighted by atomic mass is 10.0. The van der Waals surface area contributed by atoms with Gasteiger partial charge in [-0.25, -0.2) is 0 Å². The number of carbonyl (C=O) groups is 1. The Balaban J connectivity index is 3.96. The second kappa shape index (κ2) is 6.79. The van der Waals surface area contributed by atoms with Crippen molar-refractivity contribution >= 4 is 5.97 Å². The van der Waals surface area contributed by atoms with Crippen LogP contribution in [0, 0.1) is 5.92 Å². The van der Waals surface area contributed by atoms with Crippen LogP contribution in [-0.2, 0) is 4.79 Å². The minimum absolute atomic E-state index is 0.0243. The van der Waals surface area contributed by atoms with E-state index in [0.29, 0.717) is 6.42 Å². The summed E-state index contributed by atoms with van der Waals surface area (Å²) < 4.78 is 0. The van der Waals surface area contributed by atoms with Crippen molar-refractivity contribution in [3.63, 3.8) is 0 Å². The van der Waals surface area contributed by atoms with Crippen molar-refractivity contribution in [2.24, 2.45) is 5.92 Å². The second-order valence-electron chi connectivity index (χ2n) is 3.88. The smallest absolute Gasteiger partial charge is 0.321 e. The molecule has 0 radical (unpaired) electrons. The first-order valence-electron chi connectivity index (χ1n) is 5.16. The van der Waals surface area contributed by atoms with E-state index in [9.17, 15) is 9.90 Å². The number of aliphatic hydroxyl groups is 1. The largest absolute Gasteiger partial charge is 0.480 e. The lowest BCUT2D eigenvalue weighted by Gasteiger charge is -2.21. The van der Waals surface area contributed by atoms with Crippen LogP contribution in [0.3, 0.4) is 0 Å². The standard InChI is InChI=1S/C10H21NO3/c1-4-5-6-8(12)11-9(7(2)3)10(13)14/h7-9,11-12H,4-6H2,1-3H3,(H,13,14)/t8?,9-/m0/s1. The molecule has 84 valence electrons. The number of aliphatic carboxylic acids is 1. The maximum atomic E-state index is 10.8. The van der Waals surface area contributed by atoms with Gasteiger partial charge in [0.2, 0.25) is 0 Å². The van der Waals surface area contributed by atoms with Gasteiger partial charge in [-0.2, -0.15) is 0 Å². The van der Waals surface area contributed by atoms with Crippen molar-refractivity contribution in [1.29, 1.82) is 0 Å². The fourth-order valence-corrected chi connectivity index (χ4v) is 1.24. The molecule has 3 N–H and O–H groups in total. The molecule has 0 saturated heterocycles. The number of unbranched alkanes of at least 4 members (excludes halogenated alkanes) is 1. The fraction of sp³-hybridized carbons (Fsp3) is 0.900. The van der Waals surface area contributed by atoms with Crippen LogP contribution in [0.4, 0.5) is 0 Å². The van der Waals surface area contributed by atoms with E-state index in [1.165, 1.54) is 0 Å². The molecule has 0 saturated carbocycles. The van der Waals surface area contributed by atoms with Crippen LogP contribution in [0.2, 0.25) is 0 Å². The molecule has 0 aromatic rings. The summed E-state index contributed by atoms with van der Waals surface area (Å²) in [5, 5.41) is 21.0. The van der Waals surface area contributed by atoms with Crippen molar-refractivity contribution in [3.05, 3.63) is 0 Å². The highest BCUT2D eigenvalue weighted by atomic mass is 16.4. The van der Waals surface area contributed by atoms with Gasteiger partial charge in [0, 0.05) is 0 Å². The van der Waals surface area contributed by atoms with Crippen molar-refractivity contribution < 1.29 is 15.0 Å². The highest BCUT2D eigenvalue weighted by Crippen LogP contribution is 2.05. The van der Waals surface area contributed by atoms with Crippen molar-refractivity contribution in [2.45, 2.75) is 52.3 Å². The van der Waals surface area contributed by atoms with Gasteiger partial charge in [-0.3, -0.25) is 10.1 Å². The average molecular weight is 203 g/mol. The van der Waals surface area contributed by atoms with E-state index in [2.05, 4.69) is 5.32 Å². The lowest BCUT2D eigenvalue weighted by molar-refractivity contribution is -0.141. The van der Waals surface area contributed by atoms with E-state index in [0.717, 1.165) is 12.8 Å². The Bertz CT molecular complexity index is 171. The third-order valence-corrected chi connectivity index (χ3v) is 2.14. The molecule has 0 aliphatic heterocycles. The number of hydrogen-bond donors (Lipinski definition) is 3. The van der Waals surface area contributed by atoms with Gasteiger partial charge in [-0.05, 0) is 18.8 Å². The molecule has 0 amide bonds. The number of carboxylic acids is 1. The molecule has 4 heteroatoms. The predicted molar refractivity (Wildman–Crippen MR) is 54.9 cm³/mol. The quantitative estimate of drug-likeness (QED) is 0.544. The van der Waals surface area contributed by atoms with Crippen LogP contribution in [0.5, 0.6) is 0 Å². The zero-order chi connectivity index (χ0) is 11.1. The number of nitrogens with one attached hydrogen (secondary N) is 1. The van der Waals surface area contributed by atoms with E-state index in [4.69, 9.17) is 5.11 Å². The minimum Gasteiger partial charge on any atom is -0.480 e. The molecular weight excluding hydrogens is 182 g/mol. The monoisotopic (exact) mass is 203 g/mol. The van der Waals surface area contributed by atoms with E-state index in [1.54, 1.807) is 0 Å². The Morgan fingerprint density at radius 1 is 1.43 bits per heavy atom. The normalized spacial score (nSPS) is 15.5. The minimum atomic E-state index is -0.907. The molecule has 0 aromatic heterocycles. The van der Waals surface area contributed by atoms with Gasteiger partial charge in [0.15, 0.2) is 0 Å². The van der Waals surface area contributed by atoms with Gasteiger partial charge in [0.25, 0.3) is 0 Å². The molecule has 0 aliphatic rings. The van der Waals surface area contributed by atoms with E-state index >= 15 is 0 Å². The van der Waals surface area contributed by atoms with Gasteiger partial charge in [-0.15, -0.1) is 0 Å². The van der Waals surface area contributed by atoms with E-state index in [1.807, 2.05) is 20.8 Å². The Morgan fingerprint density at radius 2 is 2.00 bits per heavy atom. The van der Waals surface area contributed by atoms with Crippen molar-refractivity contribution in [2.75, 3.05) is 0 Å². The molecule has 0 aliphatic carbocycles. The Morgan fingerprint density at radius 3 is 2.36 bits per heavy atom. The molecule has 1 unspecified atom stereocenters. The fourth-order valence-electron chi connectivity index (χ4n) is 1.24. The molecule has 0 fully saturated rings. The van der Waals surface area contributed by atoms with Crippen LogP contribution < -0.4 is 5.32 Å². The predicted octanol–water partition coefficient (Wildman–Crippen LogP) is 1.19. The molecule has 0 rings (SSSR count). The highest BCUT2D eigenvalue weighted by Gasteiger charge is 2.23. The van der Waals surface area contributed by atoms with Crippen LogP contribution in [0.15, 0.2) is 0 Å².